The van der Waals surface area contributed by atoms with Gasteiger partial charge in [-0.25, -0.2) is 9.59 Å². The molecule has 0 radical (unpaired) electrons. The van der Waals surface area contributed by atoms with Crippen molar-refractivity contribution >= 4 is 18.0 Å². The van der Waals surface area contributed by atoms with E-state index in [4.69, 9.17) is 4.74 Å². The summed E-state index contributed by atoms with van der Waals surface area (Å²) in [4.78, 5) is 39.0. The number of amides is 2. The van der Waals surface area contributed by atoms with Crippen LogP contribution in [0.2, 0.25) is 0 Å². The van der Waals surface area contributed by atoms with Gasteiger partial charge in [-0.05, 0) is 18.9 Å². The molecule has 148 valence electrons. The van der Waals surface area contributed by atoms with Gasteiger partial charge in [-0.1, -0.05) is 12.7 Å². The Balaban J connectivity index is 1.85. The van der Waals surface area contributed by atoms with E-state index in [1.807, 2.05) is 0 Å². The number of ether oxygens (including phenoxy) is 1. The number of carbonyl (C=O) groups excluding carboxylic acids is 2. The van der Waals surface area contributed by atoms with E-state index >= 15 is 0 Å². The summed E-state index contributed by atoms with van der Waals surface area (Å²) in [5.41, 5.74) is 0.466. The van der Waals surface area contributed by atoms with Crippen LogP contribution < -0.4 is 0 Å². The summed E-state index contributed by atoms with van der Waals surface area (Å²) >= 11 is 0. The van der Waals surface area contributed by atoms with E-state index in [0.29, 0.717) is 12.0 Å². The Hall–Kier alpha value is -2.39. The Morgan fingerprint density at radius 3 is 2.67 bits per heavy atom. The second-order valence-corrected chi connectivity index (χ2v) is 7.24. The molecule has 2 fully saturated rings. The highest BCUT2D eigenvalue weighted by atomic mass is 16.6. The number of β-lactam (4-membered cyclic amide) rings is 1. The van der Waals surface area contributed by atoms with Crippen LogP contribution >= 0.6 is 0 Å². The molecule has 0 saturated carbocycles. The fourth-order valence-corrected chi connectivity index (χ4v) is 4.45. The summed E-state index contributed by atoms with van der Waals surface area (Å²) in [5.74, 6) is -2.97. The van der Waals surface area contributed by atoms with Crippen molar-refractivity contribution in [3.63, 3.8) is 0 Å². The van der Waals surface area contributed by atoms with Crippen molar-refractivity contribution in [3.8, 4) is 0 Å². The minimum Gasteiger partial charge on any atom is -0.477 e. The monoisotopic (exact) mass is 380 g/mol. The topological polar surface area (TPSA) is 128 Å². The Morgan fingerprint density at radius 2 is 2.11 bits per heavy atom. The smallest absolute Gasteiger partial charge is 0.410 e. The first kappa shape index (κ1) is 19.4. The van der Waals surface area contributed by atoms with Crippen molar-refractivity contribution in [1.29, 1.82) is 0 Å². The number of carbonyl (C=O) groups is 3. The Labute approximate surface area is 156 Å². The minimum absolute atomic E-state index is 0.0628. The Morgan fingerprint density at radius 1 is 1.41 bits per heavy atom. The second-order valence-electron chi connectivity index (χ2n) is 7.24. The molecule has 5 atom stereocenters. The van der Waals surface area contributed by atoms with Crippen LogP contribution in [-0.4, -0.2) is 81.5 Å². The van der Waals surface area contributed by atoms with Gasteiger partial charge in [0.15, 0.2) is 0 Å². The highest BCUT2D eigenvalue weighted by Gasteiger charge is 2.58. The van der Waals surface area contributed by atoms with E-state index in [2.05, 4.69) is 6.58 Å². The first-order chi connectivity index (χ1) is 12.8. The van der Waals surface area contributed by atoms with Crippen molar-refractivity contribution in [3.05, 3.63) is 23.9 Å². The van der Waals surface area contributed by atoms with E-state index in [0.717, 1.165) is 0 Å². The lowest BCUT2D eigenvalue weighted by Crippen LogP contribution is -2.61. The molecule has 0 aromatic rings. The van der Waals surface area contributed by atoms with Gasteiger partial charge < -0.3 is 29.9 Å². The van der Waals surface area contributed by atoms with E-state index in [9.17, 15) is 29.7 Å². The van der Waals surface area contributed by atoms with E-state index in [1.54, 1.807) is 0 Å². The third kappa shape index (κ3) is 3.10. The molecule has 2 unspecified atom stereocenters. The molecule has 0 aliphatic carbocycles. The van der Waals surface area contributed by atoms with E-state index in [-0.39, 0.29) is 49.9 Å². The summed E-state index contributed by atoms with van der Waals surface area (Å²) < 4.78 is 5.03. The third-order valence-corrected chi connectivity index (χ3v) is 5.67. The molecule has 3 N–H and O–H groups in total. The number of fused-ring (bicyclic) bond motifs is 1. The van der Waals surface area contributed by atoms with Gasteiger partial charge in [-0.15, -0.1) is 0 Å². The molecule has 2 amide bonds. The molecule has 0 aromatic carbocycles. The predicted molar refractivity (Wildman–Crippen MR) is 92.3 cm³/mol. The maximum atomic E-state index is 12.3. The van der Waals surface area contributed by atoms with Gasteiger partial charge in [0.05, 0.1) is 18.1 Å². The summed E-state index contributed by atoms with van der Waals surface area (Å²) in [6.45, 7) is 5.30. The van der Waals surface area contributed by atoms with Gasteiger partial charge in [-0.3, -0.25) is 4.79 Å². The van der Waals surface area contributed by atoms with Gasteiger partial charge in [0.2, 0.25) is 5.91 Å². The molecule has 0 bridgehead atoms. The molecular weight excluding hydrogens is 356 g/mol. The molecule has 3 aliphatic rings. The SMILES string of the molecule is C=CCOC(=O)N1CC(CO)C(C2=C(C(=O)O)N3C(=O)[C@H]([C@@H](C)O)[C@H]3C2)C1. The molecule has 0 aromatic heterocycles. The van der Waals surface area contributed by atoms with Crippen LogP contribution in [0.15, 0.2) is 23.9 Å². The molecule has 3 heterocycles. The maximum absolute atomic E-state index is 12.3. The van der Waals surface area contributed by atoms with Crippen LogP contribution in [0.5, 0.6) is 0 Å². The number of carboxylic acid groups (broad SMARTS) is 1. The Kier molecular flexibility index (Phi) is 5.25. The molecule has 3 rings (SSSR count). The van der Waals surface area contributed by atoms with Crippen LogP contribution in [-0.2, 0) is 14.3 Å². The normalized spacial score (nSPS) is 30.9. The standard InChI is InChI=1S/C18H24N2O7/c1-3-4-27-18(26)19-6-10(8-21)12(7-19)11-5-13-14(9(2)22)16(23)20(13)15(11)17(24)25/h3,9-10,12-14,21-22H,1,4-8H2,2H3,(H,24,25)/t9-,10?,12?,13-,14-/m1/s1. The quantitative estimate of drug-likeness (QED) is 0.430. The molecular formula is C18H24N2O7. The zero-order chi connectivity index (χ0) is 19.9. The van der Waals surface area contributed by atoms with E-state index < -0.39 is 30.0 Å². The van der Waals surface area contributed by atoms with Crippen LogP contribution in [0.4, 0.5) is 4.79 Å². The fourth-order valence-electron chi connectivity index (χ4n) is 4.45. The minimum atomic E-state index is -1.21. The highest BCUT2D eigenvalue weighted by Crippen LogP contribution is 2.48. The number of aliphatic hydroxyl groups is 2. The van der Waals surface area contributed by atoms with Gasteiger partial charge in [0, 0.05) is 31.5 Å². The second kappa shape index (κ2) is 7.32. The molecule has 9 nitrogen and oxygen atoms in total. The highest BCUT2D eigenvalue weighted by molar-refractivity contribution is 5.99. The number of aliphatic hydroxyl groups excluding tert-OH is 2. The number of rotatable bonds is 6. The van der Waals surface area contributed by atoms with Crippen LogP contribution in [0.1, 0.15) is 13.3 Å². The van der Waals surface area contributed by atoms with Crippen molar-refractivity contribution < 1.29 is 34.4 Å². The number of carboxylic acids is 1. The number of aliphatic carboxylic acids is 1. The van der Waals surface area contributed by atoms with Gasteiger partial charge in [0.25, 0.3) is 0 Å². The van der Waals surface area contributed by atoms with E-state index in [1.165, 1.54) is 22.8 Å². The van der Waals surface area contributed by atoms with Crippen LogP contribution in [0, 0.1) is 17.8 Å². The number of hydrogen-bond donors (Lipinski definition) is 3. The average molecular weight is 380 g/mol. The summed E-state index contributed by atoms with van der Waals surface area (Å²) in [6.07, 6.45) is 0.354. The lowest BCUT2D eigenvalue weighted by atomic mass is 9.80. The molecule has 9 heteroatoms. The average Bonchev–Trinajstić information content (AvgIpc) is 3.18. The predicted octanol–water partition coefficient (Wildman–Crippen LogP) is -0.200. The zero-order valence-electron chi connectivity index (χ0n) is 15.1. The van der Waals surface area contributed by atoms with Crippen molar-refractivity contribution in [2.45, 2.75) is 25.5 Å². The van der Waals surface area contributed by atoms with Gasteiger partial charge >= 0.3 is 12.1 Å². The summed E-state index contributed by atoms with van der Waals surface area (Å²) in [7, 11) is 0. The summed E-state index contributed by atoms with van der Waals surface area (Å²) in [5, 5.41) is 29.2. The summed E-state index contributed by atoms with van der Waals surface area (Å²) in [6, 6.07) is -0.389. The molecule has 0 spiro atoms. The lowest BCUT2D eigenvalue weighted by Gasteiger charge is -2.44. The first-order valence-electron chi connectivity index (χ1n) is 8.92. The lowest BCUT2D eigenvalue weighted by molar-refractivity contribution is -0.161. The Bertz CT molecular complexity index is 702. The van der Waals surface area contributed by atoms with Gasteiger partial charge in [-0.2, -0.15) is 0 Å². The molecule has 3 aliphatic heterocycles. The fraction of sp³-hybridized carbons (Fsp3) is 0.611. The maximum Gasteiger partial charge on any atom is 0.410 e. The van der Waals surface area contributed by atoms with Gasteiger partial charge in [0.1, 0.15) is 12.3 Å². The van der Waals surface area contributed by atoms with Crippen LogP contribution in [0.3, 0.4) is 0 Å². The van der Waals surface area contributed by atoms with Crippen molar-refractivity contribution in [1.82, 2.24) is 9.80 Å². The zero-order valence-corrected chi connectivity index (χ0v) is 15.1. The van der Waals surface area contributed by atoms with Crippen LogP contribution in [0.25, 0.3) is 0 Å². The van der Waals surface area contributed by atoms with Crippen molar-refractivity contribution in [2.24, 2.45) is 17.8 Å². The third-order valence-electron chi connectivity index (χ3n) is 5.67. The molecule has 27 heavy (non-hydrogen) atoms. The first-order valence-corrected chi connectivity index (χ1v) is 8.92. The number of hydrogen-bond acceptors (Lipinski definition) is 6. The van der Waals surface area contributed by atoms with Crippen molar-refractivity contribution in [2.75, 3.05) is 26.3 Å². The number of nitrogens with zero attached hydrogens (tertiary/aromatic N) is 2. The number of likely N-dealkylation sites (tertiary alicyclic amines) is 1. The largest absolute Gasteiger partial charge is 0.477 e. The molecule has 2 saturated heterocycles.